The minimum atomic E-state index is 0.765. The molecule has 6 nitrogen and oxygen atoms in total. The minimum Gasteiger partial charge on any atom is -0.495 e. The van der Waals surface area contributed by atoms with Crippen LogP contribution >= 0.6 is 0 Å². The fraction of sp³-hybridized carbons (Fsp3) is 0.409. The Balaban J connectivity index is 1.57. The Morgan fingerprint density at radius 2 is 1.82 bits per heavy atom. The van der Waals surface area contributed by atoms with Gasteiger partial charge in [-0.2, -0.15) is 0 Å². The van der Waals surface area contributed by atoms with E-state index in [1.165, 1.54) is 11.3 Å². The maximum Gasteiger partial charge on any atom is 0.194 e. The van der Waals surface area contributed by atoms with Crippen LogP contribution in [0.5, 0.6) is 5.75 Å². The number of anilines is 2. The van der Waals surface area contributed by atoms with Gasteiger partial charge in [-0.25, -0.2) is 0 Å². The molecule has 0 aliphatic carbocycles. The van der Waals surface area contributed by atoms with Crippen molar-refractivity contribution in [2.75, 3.05) is 64.2 Å². The van der Waals surface area contributed by atoms with Gasteiger partial charge in [-0.3, -0.25) is 4.99 Å². The van der Waals surface area contributed by atoms with E-state index in [9.17, 15) is 0 Å². The van der Waals surface area contributed by atoms with Crippen LogP contribution in [0.4, 0.5) is 11.4 Å². The Morgan fingerprint density at radius 1 is 1.07 bits per heavy atom. The molecule has 6 heteroatoms. The predicted molar refractivity (Wildman–Crippen MR) is 118 cm³/mol. The van der Waals surface area contributed by atoms with Crippen LogP contribution in [-0.4, -0.2) is 65.3 Å². The number of nitrogens with zero attached hydrogens (tertiary/aromatic N) is 4. The van der Waals surface area contributed by atoms with Gasteiger partial charge in [0, 0.05) is 59.6 Å². The topological polar surface area (TPSA) is 43.3 Å². The zero-order valence-electron chi connectivity index (χ0n) is 17.4. The number of guanidine groups is 1. The first-order valence-corrected chi connectivity index (χ1v) is 9.72. The zero-order chi connectivity index (χ0) is 19.9. The Kier molecular flexibility index (Phi) is 6.63. The van der Waals surface area contributed by atoms with Crippen molar-refractivity contribution in [3.63, 3.8) is 0 Å². The molecule has 1 N–H and O–H groups in total. The van der Waals surface area contributed by atoms with Crippen molar-refractivity contribution < 1.29 is 4.74 Å². The van der Waals surface area contributed by atoms with Gasteiger partial charge in [-0.1, -0.05) is 24.3 Å². The van der Waals surface area contributed by atoms with Crippen LogP contribution in [0.1, 0.15) is 5.56 Å². The van der Waals surface area contributed by atoms with Crippen LogP contribution < -0.4 is 19.9 Å². The van der Waals surface area contributed by atoms with Gasteiger partial charge in [0.1, 0.15) is 5.75 Å². The standard InChI is InChI=1S/C22H31N5O/c1-23-22(24-17-18-8-7-9-19(16-18)25(2)3)27-14-12-26(13-15-27)20-10-5-6-11-21(20)28-4/h5-11,16H,12-15,17H2,1-4H3,(H,23,24). The quantitative estimate of drug-likeness (QED) is 0.637. The van der Waals surface area contributed by atoms with Crippen molar-refractivity contribution in [3.05, 3.63) is 54.1 Å². The molecule has 150 valence electrons. The lowest BCUT2D eigenvalue weighted by Gasteiger charge is -2.38. The number of ether oxygens (including phenoxy) is 1. The van der Waals surface area contributed by atoms with E-state index in [-0.39, 0.29) is 0 Å². The van der Waals surface area contributed by atoms with Crippen molar-refractivity contribution in [1.29, 1.82) is 0 Å². The molecule has 2 aromatic carbocycles. The number of benzene rings is 2. The Labute approximate surface area is 168 Å². The maximum absolute atomic E-state index is 5.51. The van der Waals surface area contributed by atoms with Gasteiger partial charge in [-0.15, -0.1) is 0 Å². The number of aliphatic imine (C=N–C) groups is 1. The van der Waals surface area contributed by atoms with Crippen molar-refractivity contribution in [2.24, 2.45) is 4.99 Å². The largest absolute Gasteiger partial charge is 0.495 e. The third-order valence-electron chi connectivity index (χ3n) is 5.09. The van der Waals surface area contributed by atoms with Crippen molar-refractivity contribution in [1.82, 2.24) is 10.2 Å². The van der Waals surface area contributed by atoms with E-state index in [1.807, 2.05) is 19.2 Å². The fourth-order valence-electron chi connectivity index (χ4n) is 3.51. The number of para-hydroxylation sites is 2. The summed E-state index contributed by atoms with van der Waals surface area (Å²) in [4.78, 5) is 11.3. The SMILES string of the molecule is CN=C(NCc1cccc(N(C)C)c1)N1CCN(c2ccccc2OC)CC1. The first kappa shape index (κ1) is 19.9. The molecule has 1 aliphatic rings. The number of hydrogen-bond acceptors (Lipinski definition) is 4. The normalized spacial score (nSPS) is 14.8. The molecule has 3 rings (SSSR count). The summed E-state index contributed by atoms with van der Waals surface area (Å²) in [6.45, 7) is 4.50. The summed E-state index contributed by atoms with van der Waals surface area (Å²) in [5.74, 6) is 1.88. The number of piperazine rings is 1. The maximum atomic E-state index is 5.51. The molecular weight excluding hydrogens is 350 g/mol. The van der Waals surface area contributed by atoms with E-state index in [0.29, 0.717) is 0 Å². The van der Waals surface area contributed by atoms with Crippen LogP contribution in [0.25, 0.3) is 0 Å². The van der Waals surface area contributed by atoms with Crippen LogP contribution in [0, 0.1) is 0 Å². The van der Waals surface area contributed by atoms with E-state index < -0.39 is 0 Å². The molecule has 0 spiro atoms. The van der Waals surface area contributed by atoms with Crippen LogP contribution in [0.15, 0.2) is 53.5 Å². The zero-order valence-corrected chi connectivity index (χ0v) is 17.4. The van der Waals surface area contributed by atoms with Crippen LogP contribution in [0.2, 0.25) is 0 Å². The van der Waals surface area contributed by atoms with Crippen molar-refractivity contribution >= 4 is 17.3 Å². The molecular formula is C22H31N5O. The summed E-state index contributed by atoms with van der Waals surface area (Å²) in [6, 6.07) is 16.8. The second-order valence-corrected chi connectivity index (χ2v) is 7.11. The number of nitrogens with one attached hydrogen (secondary N) is 1. The lowest BCUT2D eigenvalue weighted by Crippen LogP contribution is -2.52. The summed E-state index contributed by atoms with van der Waals surface area (Å²) in [5.41, 5.74) is 3.62. The molecule has 1 saturated heterocycles. The summed E-state index contributed by atoms with van der Waals surface area (Å²) >= 11 is 0. The first-order chi connectivity index (χ1) is 13.6. The molecule has 28 heavy (non-hydrogen) atoms. The molecule has 0 bridgehead atoms. The number of rotatable bonds is 5. The van der Waals surface area contributed by atoms with Gasteiger partial charge in [0.15, 0.2) is 5.96 Å². The lowest BCUT2D eigenvalue weighted by atomic mass is 10.2. The van der Waals surface area contributed by atoms with Crippen LogP contribution in [0.3, 0.4) is 0 Å². The van der Waals surface area contributed by atoms with Gasteiger partial charge < -0.3 is 24.8 Å². The number of methoxy groups -OCH3 is 1. The average molecular weight is 382 g/mol. The Morgan fingerprint density at radius 3 is 2.50 bits per heavy atom. The van der Waals surface area contributed by atoms with E-state index >= 15 is 0 Å². The Hall–Kier alpha value is -2.89. The van der Waals surface area contributed by atoms with Crippen LogP contribution in [-0.2, 0) is 6.54 Å². The van der Waals surface area contributed by atoms with Gasteiger partial charge in [-0.05, 0) is 29.8 Å². The molecule has 0 saturated carbocycles. The first-order valence-electron chi connectivity index (χ1n) is 9.72. The number of hydrogen-bond donors (Lipinski definition) is 1. The summed E-state index contributed by atoms with van der Waals surface area (Å²) in [6.07, 6.45) is 0. The second kappa shape index (κ2) is 9.35. The molecule has 0 atom stereocenters. The molecule has 2 aromatic rings. The van der Waals surface area contributed by atoms with E-state index in [4.69, 9.17) is 4.74 Å². The highest BCUT2D eigenvalue weighted by atomic mass is 16.5. The fourth-order valence-corrected chi connectivity index (χ4v) is 3.51. The van der Waals surface area contributed by atoms with Gasteiger partial charge >= 0.3 is 0 Å². The second-order valence-electron chi connectivity index (χ2n) is 7.11. The highest BCUT2D eigenvalue weighted by Crippen LogP contribution is 2.28. The molecule has 0 radical (unpaired) electrons. The smallest absolute Gasteiger partial charge is 0.194 e. The average Bonchev–Trinajstić information content (AvgIpc) is 2.75. The predicted octanol–water partition coefficient (Wildman–Crippen LogP) is 2.66. The lowest BCUT2D eigenvalue weighted by molar-refractivity contribution is 0.367. The Bertz CT molecular complexity index is 797. The monoisotopic (exact) mass is 381 g/mol. The third kappa shape index (κ3) is 4.68. The minimum absolute atomic E-state index is 0.765. The molecule has 1 fully saturated rings. The van der Waals surface area contributed by atoms with Crippen molar-refractivity contribution in [3.8, 4) is 5.75 Å². The third-order valence-corrected chi connectivity index (χ3v) is 5.09. The van der Waals surface area contributed by atoms with E-state index in [1.54, 1.807) is 7.11 Å². The van der Waals surface area contributed by atoms with Gasteiger partial charge in [0.05, 0.1) is 12.8 Å². The van der Waals surface area contributed by atoms with Crippen molar-refractivity contribution in [2.45, 2.75) is 6.54 Å². The summed E-state index contributed by atoms with van der Waals surface area (Å²) in [5, 5.41) is 3.51. The highest BCUT2D eigenvalue weighted by Gasteiger charge is 2.21. The van der Waals surface area contributed by atoms with Gasteiger partial charge in [0.25, 0.3) is 0 Å². The summed E-state index contributed by atoms with van der Waals surface area (Å²) in [7, 11) is 7.71. The van der Waals surface area contributed by atoms with E-state index in [2.05, 4.69) is 75.5 Å². The summed E-state index contributed by atoms with van der Waals surface area (Å²) < 4.78 is 5.51. The molecule has 0 amide bonds. The highest BCUT2D eigenvalue weighted by molar-refractivity contribution is 5.80. The molecule has 0 unspecified atom stereocenters. The van der Waals surface area contributed by atoms with E-state index in [0.717, 1.165) is 50.1 Å². The molecule has 0 aromatic heterocycles. The molecule has 1 heterocycles. The molecule has 1 aliphatic heterocycles. The van der Waals surface area contributed by atoms with Gasteiger partial charge in [0.2, 0.25) is 0 Å².